The van der Waals surface area contributed by atoms with Crippen LogP contribution in [0.15, 0.2) is 58.8 Å². The smallest absolute Gasteiger partial charge is 0.208 e. The molecule has 0 aliphatic carbocycles. The number of sulfonamides is 2. The molecule has 0 amide bonds. The molecule has 1 heterocycles. The molecule has 0 saturated carbocycles. The SMILES string of the molecule is O=S(=O)(C=Cc1ccccc1)N1CCN(S(=O)(=O)c2ccc(F)cc2F)CC1. The summed E-state index contributed by atoms with van der Waals surface area (Å²) in [7, 11) is -7.90. The van der Waals surface area contributed by atoms with E-state index in [0.717, 1.165) is 27.4 Å². The van der Waals surface area contributed by atoms with Crippen molar-refractivity contribution in [2.75, 3.05) is 26.2 Å². The monoisotopic (exact) mass is 428 g/mol. The number of hydrogen-bond donors (Lipinski definition) is 0. The number of benzene rings is 2. The van der Waals surface area contributed by atoms with Crippen molar-refractivity contribution in [3.8, 4) is 0 Å². The van der Waals surface area contributed by atoms with Crippen molar-refractivity contribution in [2.45, 2.75) is 4.90 Å². The van der Waals surface area contributed by atoms with E-state index < -0.39 is 36.6 Å². The van der Waals surface area contributed by atoms with Crippen molar-refractivity contribution in [3.05, 3.63) is 71.1 Å². The Kier molecular flexibility index (Phi) is 5.94. The summed E-state index contributed by atoms with van der Waals surface area (Å²) < 4.78 is 79.1. The van der Waals surface area contributed by atoms with E-state index in [0.29, 0.717) is 6.07 Å². The molecule has 1 saturated heterocycles. The predicted octanol–water partition coefficient (Wildman–Crippen LogP) is 2.27. The van der Waals surface area contributed by atoms with Crippen LogP contribution < -0.4 is 0 Å². The molecular weight excluding hydrogens is 410 g/mol. The first-order chi connectivity index (χ1) is 13.2. The Balaban J connectivity index is 1.70. The van der Waals surface area contributed by atoms with Gasteiger partial charge in [-0.3, -0.25) is 0 Å². The maximum absolute atomic E-state index is 13.9. The second-order valence-corrected chi connectivity index (χ2v) is 9.86. The Morgan fingerprint density at radius 2 is 1.43 bits per heavy atom. The van der Waals surface area contributed by atoms with Crippen LogP contribution in [0.3, 0.4) is 0 Å². The van der Waals surface area contributed by atoms with Gasteiger partial charge in [-0.2, -0.15) is 8.61 Å². The van der Waals surface area contributed by atoms with Gasteiger partial charge in [0, 0.05) is 37.7 Å². The van der Waals surface area contributed by atoms with Crippen LogP contribution >= 0.6 is 0 Å². The van der Waals surface area contributed by atoms with E-state index in [9.17, 15) is 25.6 Å². The number of hydrogen-bond acceptors (Lipinski definition) is 4. The molecule has 1 aliphatic heterocycles. The van der Waals surface area contributed by atoms with Gasteiger partial charge >= 0.3 is 0 Å². The summed E-state index contributed by atoms with van der Waals surface area (Å²) in [5.74, 6) is -2.06. The minimum atomic E-state index is -4.18. The highest BCUT2D eigenvalue weighted by molar-refractivity contribution is 7.92. The molecular formula is C18H18F2N2O4S2. The van der Waals surface area contributed by atoms with Crippen molar-refractivity contribution < 1.29 is 25.6 Å². The second-order valence-electron chi connectivity index (χ2n) is 6.14. The van der Waals surface area contributed by atoms with E-state index in [2.05, 4.69) is 0 Å². The van der Waals surface area contributed by atoms with E-state index in [1.165, 1.54) is 10.4 Å². The van der Waals surface area contributed by atoms with E-state index in [1.807, 2.05) is 6.07 Å². The number of rotatable bonds is 5. The second kappa shape index (κ2) is 8.08. The minimum absolute atomic E-state index is 0.0660. The molecule has 0 bridgehead atoms. The van der Waals surface area contributed by atoms with Crippen molar-refractivity contribution in [3.63, 3.8) is 0 Å². The summed E-state index contributed by atoms with van der Waals surface area (Å²) in [6.07, 6.45) is 1.46. The lowest BCUT2D eigenvalue weighted by Crippen LogP contribution is -2.50. The van der Waals surface area contributed by atoms with Gasteiger partial charge in [-0.25, -0.2) is 25.6 Å². The van der Waals surface area contributed by atoms with Crippen LogP contribution in [-0.2, 0) is 20.0 Å². The maximum atomic E-state index is 13.9. The van der Waals surface area contributed by atoms with E-state index in [1.54, 1.807) is 24.3 Å². The van der Waals surface area contributed by atoms with Gasteiger partial charge in [-0.05, 0) is 23.8 Å². The summed E-state index contributed by atoms with van der Waals surface area (Å²) in [5, 5.41) is 1.08. The number of nitrogens with zero attached hydrogens (tertiary/aromatic N) is 2. The maximum Gasteiger partial charge on any atom is 0.246 e. The summed E-state index contributed by atoms with van der Waals surface area (Å²) in [4.78, 5) is -0.630. The van der Waals surface area contributed by atoms with E-state index in [4.69, 9.17) is 0 Å². The molecule has 150 valence electrons. The Morgan fingerprint density at radius 1 is 0.821 bits per heavy atom. The summed E-state index contributed by atoms with van der Waals surface area (Å²) in [6.45, 7) is -0.387. The van der Waals surface area contributed by atoms with E-state index >= 15 is 0 Å². The molecule has 6 nitrogen and oxygen atoms in total. The van der Waals surface area contributed by atoms with Crippen LogP contribution in [0.4, 0.5) is 8.78 Å². The van der Waals surface area contributed by atoms with Crippen LogP contribution in [0.2, 0.25) is 0 Å². The predicted molar refractivity (Wildman–Crippen MR) is 101 cm³/mol. The Morgan fingerprint density at radius 3 is 2.04 bits per heavy atom. The topological polar surface area (TPSA) is 74.8 Å². The number of piperazine rings is 1. The fourth-order valence-corrected chi connectivity index (χ4v) is 5.44. The van der Waals surface area contributed by atoms with Gasteiger partial charge in [0.15, 0.2) is 0 Å². The molecule has 0 aromatic heterocycles. The van der Waals surface area contributed by atoms with E-state index in [-0.39, 0.29) is 26.2 Å². The lowest BCUT2D eigenvalue weighted by Gasteiger charge is -2.32. The molecule has 1 aliphatic rings. The molecule has 2 aromatic rings. The lowest BCUT2D eigenvalue weighted by atomic mass is 10.2. The summed E-state index contributed by atoms with van der Waals surface area (Å²) in [6, 6.07) is 11.1. The summed E-state index contributed by atoms with van der Waals surface area (Å²) >= 11 is 0. The molecule has 2 aromatic carbocycles. The van der Waals surface area contributed by atoms with Gasteiger partial charge in [-0.15, -0.1) is 0 Å². The van der Waals surface area contributed by atoms with Gasteiger partial charge in [0.05, 0.1) is 0 Å². The standard InChI is InChI=1S/C18H18F2N2O4S2/c19-16-6-7-18(17(20)14-16)28(25,26)22-11-9-21(10-12-22)27(23,24)13-8-15-4-2-1-3-5-15/h1-8,13-14H,9-12H2. The van der Waals surface area contributed by atoms with Crippen molar-refractivity contribution in [2.24, 2.45) is 0 Å². The van der Waals surface area contributed by atoms with Crippen LogP contribution in [0.25, 0.3) is 6.08 Å². The fourth-order valence-electron chi connectivity index (χ4n) is 2.80. The van der Waals surface area contributed by atoms with Gasteiger partial charge in [0.1, 0.15) is 16.5 Å². The molecule has 0 radical (unpaired) electrons. The van der Waals surface area contributed by atoms with Crippen molar-refractivity contribution in [1.82, 2.24) is 8.61 Å². The zero-order chi connectivity index (χ0) is 20.4. The van der Waals surface area contributed by atoms with Crippen LogP contribution in [-0.4, -0.2) is 51.6 Å². The third kappa shape index (κ3) is 4.46. The molecule has 0 spiro atoms. The molecule has 1 fully saturated rings. The third-order valence-corrected chi connectivity index (χ3v) is 7.80. The van der Waals surface area contributed by atoms with Crippen molar-refractivity contribution >= 4 is 26.1 Å². The minimum Gasteiger partial charge on any atom is -0.208 e. The molecule has 0 N–H and O–H groups in total. The Bertz CT molecular complexity index is 1080. The number of halogens is 2. The normalized spacial score (nSPS) is 17.2. The van der Waals surface area contributed by atoms with Crippen LogP contribution in [0.5, 0.6) is 0 Å². The highest BCUT2D eigenvalue weighted by atomic mass is 32.2. The Labute approximate surface area is 162 Å². The van der Waals surface area contributed by atoms with Gasteiger partial charge in [0.2, 0.25) is 20.0 Å². The fraction of sp³-hybridized carbons (Fsp3) is 0.222. The Hall–Kier alpha value is -2.14. The first kappa shape index (κ1) is 20.6. The lowest BCUT2D eigenvalue weighted by molar-refractivity contribution is 0.274. The average Bonchev–Trinajstić information content (AvgIpc) is 2.67. The molecule has 10 heteroatoms. The first-order valence-electron chi connectivity index (χ1n) is 8.39. The highest BCUT2D eigenvalue weighted by Crippen LogP contribution is 2.22. The van der Waals surface area contributed by atoms with Gasteiger partial charge in [-0.1, -0.05) is 30.3 Å². The highest BCUT2D eigenvalue weighted by Gasteiger charge is 2.33. The van der Waals surface area contributed by atoms with Crippen molar-refractivity contribution in [1.29, 1.82) is 0 Å². The molecule has 0 unspecified atom stereocenters. The molecule has 28 heavy (non-hydrogen) atoms. The van der Waals surface area contributed by atoms with Gasteiger partial charge < -0.3 is 0 Å². The first-order valence-corrected chi connectivity index (χ1v) is 11.3. The third-order valence-electron chi connectivity index (χ3n) is 4.30. The van der Waals surface area contributed by atoms with Gasteiger partial charge in [0.25, 0.3) is 0 Å². The van der Waals surface area contributed by atoms with Crippen LogP contribution in [0, 0.1) is 11.6 Å². The molecule has 0 atom stereocenters. The molecule has 3 rings (SSSR count). The quantitative estimate of drug-likeness (QED) is 0.732. The van der Waals surface area contributed by atoms with Crippen LogP contribution in [0.1, 0.15) is 5.56 Å². The summed E-state index contributed by atoms with van der Waals surface area (Å²) in [5.41, 5.74) is 0.721. The zero-order valence-corrected chi connectivity index (χ0v) is 16.3. The average molecular weight is 428 g/mol. The zero-order valence-electron chi connectivity index (χ0n) is 14.7. The largest absolute Gasteiger partial charge is 0.246 e.